The Morgan fingerprint density at radius 3 is 2.84 bits per heavy atom. The van der Waals surface area contributed by atoms with Crippen molar-refractivity contribution in [2.24, 2.45) is 0 Å². The normalized spacial score (nSPS) is 14.1. The number of carboxylic acid groups (broad SMARTS) is 1. The maximum atomic E-state index is 11.0. The number of rotatable bonds is 3. The summed E-state index contributed by atoms with van der Waals surface area (Å²) in [4.78, 5) is 11.0. The van der Waals surface area contributed by atoms with Crippen LogP contribution in [0.5, 0.6) is 0 Å². The molecule has 1 aliphatic carbocycles. The number of carboxylic acids is 1. The molecule has 3 rings (SSSR count). The van der Waals surface area contributed by atoms with Crippen LogP contribution >= 0.6 is 0 Å². The molecule has 0 bridgehead atoms. The molecule has 1 N–H and O–H groups in total. The van der Waals surface area contributed by atoms with Crippen molar-refractivity contribution < 1.29 is 9.90 Å². The molecule has 0 saturated heterocycles. The van der Waals surface area contributed by atoms with Gasteiger partial charge in [0.2, 0.25) is 0 Å². The fourth-order valence-corrected chi connectivity index (χ4v) is 2.08. The van der Waals surface area contributed by atoms with Gasteiger partial charge in [0.25, 0.3) is 0 Å². The highest BCUT2D eigenvalue weighted by Gasteiger charge is 2.29. The van der Waals surface area contributed by atoms with Crippen LogP contribution in [0.4, 0.5) is 0 Å². The second-order valence-electron chi connectivity index (χ2n) is 4.61. The van der Waals surface area contributed by atoms with Crippen LogP contribution in [-0.2, 0) is 0 Å². The van der Waals surface area contributed by atoms with Crippen LogP contribution in [0.25, 0.3) is 5.69 Å². The Kier molecular flexibility index (Phi) is 2.57. The van der Waals surface area contributed by atoms with Crippen molar-refractivity contribution in [3.63, 3.8) is 0 Å². The Hall–Kier alpha value is -2.61. The van der Waals surface area contributed by atoms with Gasteiger partial charge < -0.3 is 5.11 Å². The van der Waals surface area contributed by atoms with Crippen molar-refractivity contribution in [1.82, 2.24) is 9.78 Å². The van der Waals surface area contributed by atoms with E-state index in [1.165, 1.54) is 0 Å². The second-order valence-corrected chi connectivity index (χ2v) is 4.61. The third-order valence-corrected chi connectivity index (χ3v) is 3.17. The molecule has 5 nitrogen and oxygen atoms in total. The molecule has 2 aromatic rings. The summed E-state index contributed by atoms with van der Waals surface area (Å²) in [5.74, 6) is -0.650. The number of hydrogen-bond donors (Lipinski definition) is 1. The fraction of sp³-hybridized carbons (Fsp3) is 0.214. The molecule has 94 valence electrons. The molecule has 0 atom stereocenters. The summed E-state index contributed by atoms with van der Waals surface area (Å²) >= 11 is 0. The number of carbonyl (C=O) groups is 1. The van der Waals surface area contributed by atoms with E-state index in [0.717, 1.165) is 24.2 Å². The Balaban J connectivity index is 2.12. The van der Waals surface area contributed by atoms with E-state index in [1.54, 1.807) is 28.9 Å². The second kappa shape index (κ2) is 4.25. The first kappa shape index (κ1) is 11.5. The summed E-state index contributed by atoms with van der Waals surface area (Å²) in [6.07, 6.45) is 2.12. The molecular formula is C14H11N3O2. The zero-order chi connectivity index (χ0) is 13.4. The third kappa shape index (κ3) is 2.08. The maximum absolute atomic E-state index is 11.0. The minimum absolute atomic E-state index is 0.0456. The van der Waals surface area contributed by atoms with Gasteiger partial charge in [0.15, 0.2) is 5.69 Å². The van der Waals surface area contributed by atoms with Gasteiger partial charge in [0.1, 0.15) is 0 Å². The number of nitriles is 1. The Morgan fingerprint density at radius 2 is 2.21 bits per heavy atom. The highest BCUT2D eigenvalue weighted by molar-refractivity contribution is 5.85. The smallest absolute Gasteiger partial charge is 0.356 e. The quantitative estimate of drug-likeness (QED) is 0.910. The number of aromatic nitrogens is 2. The molecule has 0 unspecified atom stereocenters. The summed E-state index contributed by atoms with van der Waals surface area (Å²) in [6, 6.07) is 10.7. The van der Waals surface area contributed by atoms with Gasteiger partial charge in [0, 0.05) is 11.6 Å². The maximum Gasteiger partial charge on any atom is 0.356 e. The summed E-state index contributed by atoms with van der Waals surface area (Å²) in [5, 5.41) is 22.1. The lowest BCUT2D eigenvalue weighted by molar-refractivity contribution is 0.0690. The van der Waals surface area contributed by atoms with E-state index in [0.29, 0.717) is 11.5 Å². The molecule has 1 aromatic carbocycles. The van der Waals surface area contributed by atoms with Gasteiger partial charge in [-0.1, -0.05) is 6.07 Å². The van der Waals surface area contributed by atoms with Gasteiger partial charge in [-0.15, -0.1) is 0 Å². The topological polar surface area (TPSA) is 78.9 Å². The van der Waals surface area contributed by atoms with Crippen molar-refractivity contribution in [1.29, 1.82) is 5.26 Å². The molecule has 0 aliphatic heterocycles. The predicted molar refractivity (Wildman–Crippen MR) is 67.2 cm³/mol. The number of nitrogens with zero attached hydrogens (tertiary/aromatic N) is 3. The van der Waals surface area contributed by atoms with Gasteiger partial charge in [-0.05, 0) is 37.1 Å². The Labute approximate surface area is 109 Å². The van der Waals surface area contributed by atoms with Crippen molar-refractivity contribution in [3.05, 3.63) is 47.3 Å². The first-order chi connectivity index (χ1) is 9.19. The minimum atomic E-state index is -1.03. The first-order valence-electron chi connectivity index (χ1n) is 6.03. The van der Waals surface area contributed by atoms with Crippen molar-refractivity contribution in [2.75, 3.05) is 0 Å². The lowest BCUT2D eigenvalue weighted by atomic mass is 10.2. The molecule has 1 saturated carbocycles. The van der Waals surface area contributed by atoms with Gasteiger partial charge in [-0.25, -0.2) is 9.48 Å². The zero-order valence-corrected chi connectivity index (χ0v) is 10.1. The lowest BCUT2D eigenvalue weighted by Crippen LogP contribution is -2.03. The molecule has 1 heterocycles. The van der Waals surface area contributed by atoms with E-state index in [4.69, 9.17) is 10.4 Å². The number of aromatic carboxylic acids is 1. The van der Waals surface area contributed by atoms with Gasteiger partial charge in [0.05, 0.1) is 17.3 Å². The average molecular weight is 253 g/mol. The summed E-state index contributed by atoms with van der Waals surface area (Å²) in [5.41, 5.74) is 2.22. The highest BCUT2D eigenvalue weighted by atomic mass is 16.4. The average Bonchev–Trinajstić information content (AvgIpc) is 3.17. The molecule has 5 heteroatoms. The van der Waals surface area contributed by atoms with E-state index < -0.39 is 5.97 Å². The van der Waals surface area contributed by atoms with Crippen LogP contribution in [0.1, 0.15) is 40.5 Å². The van der Waals surface area contributed by atoms with Gasteiger partial charge >= 0.3 is 5.97 Å². The zero-order valence-electron chi connectivity index (χ0n) is 10.1. The van der Waals surface area contributed by atoms with E-state index >= 15 is 0 Å². The molecule has 0 radical (unpaired) electrons. The predicted octanol–water partition coefficient (Wildman–Crippen LogP) is 2.32. The van der Waals surface area contributed by atoms with E-state index in [9.17, 15) is 4.79 Å². The minimum Gasteiger partial charge on any atom is -0.476 e. The number of benzene rings is 1. The first-order valence-corrected chi connectivity index (χ1v) is 6.03. The molecule has 0 amide bonds. The lowest BCUT2D eigenvalue weighted by Gasteiger charge is -2.06. The van der Waals surface area contributed by atoms with E-state index in [-0.39, 0.29) is 5.69 Å². The largest absolute Gasteiger partial charge is 0.476 e. The van der Waals surface area contributed by atoms with Crippen LogP contribution in [0.2, 0.25) is 0 Å². The van der Waals surface area contributed by atoms with Crippen LogP contribution in [0, 0.1) is 11.3 Å². The monoisotopic (exact) mass is 253 g/mol. The van der Waals surface area contributed by atoms with Gasteiger partial charge in [-0.2, -0.15) is 10.4 Å². The molecular weight excluding hydrogens is 242 g/mol. The molecule has 1 aromatic heterocycles. The van der Waals surface area contributed by atoms with Crippen molar-refractivity contribution in [3.8, 4) is 11.8 Å². The third-order valence-electron chi connectivity index (χ3n) is 3.17. The molecule has 0 spiro atoms. The molecule has 1 fully saturated rings. The standard InChI is InChI=1S/C14H11N3O2/c15-8-9-2-1-3-11(6-9)17-13(10-4-5-10)7-12(16-17)14(18)19/h1-3,6-7,10H,4-5H2,(H,18,19). The van der Waals surface area contributed by atoms with Crippen molar-refractivity contribution >= 4 is 5.97 Å². The van der Waals surface area contributed by atoms with Crippen LogP contribution in [0.15, 0.2) is 30.3 Å². The van der Waals surface area contributed by atoms with Gasteiger partial charge in [-0.3, -0.25) is 0 Å². The fourth-order valence-electron chi connectivity index (χ4n) is 2.08. The molecule has 19 heavy (non-hydrogen) atoms. The van der Waals surface area contributed by atoms with Crippen LogP contribution in [0.3, 0.4) is 0 Å². The van der Waals surface area contributed by atoms with E-state index in [1.807, 2.05) is 6.07 Å². The van der Waals surface area contributed by atoms with Crippen molar-refractivity contribution in [2.45, 2.75) is 18.8 Å². The SMILES string of the molecule is N#Cc1cccc(-n2nc(C(=O)O)cc2C2CC2)c1. The van der Waals surface area contributed by atoms with Crippen LogP contribution in [-0.4, -0.2) is 20.9 Å². The summed E-state index contributed by atoms with van der Waals surface area (Å²) < 4.78 is 1.64. The summed E-state index contributed by atoms with van der Waals surface area (Å²) in [7, 11) is 0. The Morgan fingerprint density at radius 1 is 1.42 bits per heavy atom. The Bertz CT molecular complexity index is 693. The molecule has 1 aliphatic rings. The van der Waals surface area contributed by atoms with E-state index in [2.05, 4.69) is 11.2 Å². The summed E-state index contributed by atoms with van der Waals surface area (Å²) in [6.45, 7) is 0. The van der Waals surface area contributed by atoms with Crippen LogP contribution < -0.4 is 0 Å². The highest BCUT2D eigenvalue weighted by Crippen LogP contribution is 2.41. The number of hydrogen-bond acceptors (Lipinski definition) is 3.